The molecule has 0 unspecified atom stereocenters. The number of nitrogens with zero attached hydrogens (tertiary/aromatic N) is 2. The Morgan fingerprint density at radius 1 is 1.21 bits per heavy atom. The van der Waals surface area contributed by atoms with Gasteiger partial charge in [0.05, 0.1) is 17.4 Å². The Bertz CT molecular complexity index is 743. The summed E-state index contributed by atoms with van der Waals surface area (Å²) in [5.41, 5.74) is 1.60. The van der Waals surface area contributed by atoms with Crippen LogP contribution in [0.5, 0.6) is 0 Å². The molecule has 1 amide bonds. The normalized spacial score (nSPS) is 15.4. The van der Waals surface area contributed by atoms with E-state index in [2.05, 4.69) is 10.3 Å². The predicted octanol–water partition coefficient (Wildman–Crippen LogP) is 3.07. The second kappa shape index (κ2) is 6.95. The fourth-order valence-corrected chi connectivity index (χ4v) is 2.95. The molecule has 1 saturated heterocycles. The number of hydrogen-bond donors (Lipinski definition) is 1. The summed E-state index contributed by atoms with van der Waals surface area (Å²) >= 11 is 0. The number of halogens is 2. The van der Waals surface area contributed by atoms with Crippen molar-refractivity contribution < 1.29 is 13.6 Å². The Hall–Kier alpha value is -2.50. The predicted molar refractivity (Wildman–Crippen MR) is 88.0 cm³/mol. The SMILES string of the molecule is Cc1ccc(F)c(N2CCC(NC(=O)c3ccncc3F)CC2)c1. The van der Waals surface area contributed by atoms with Crippen LogP contribution < -0.4 is 10.2 Å². The lowest BCUT2D eigenvalue weighted by Gasteiger charge is -2.34. The van der Waals surface area contributed by atoms with Crippen LogP contribution in [0.2, 0.25) is 0 Å². The molecule has 0 radical (unpaired) electrons. The van der Waals surface area contributed by atoms with Crippen LogP contribution in [0.25, 0.3) is 0 Å². The van der Waals surface area contributed by atoms with Crippen LogP contribution in [0.3, 0.4) is 0 Å². The van der Waals surface area contributed by atoms with E-state index in [-0.39, 0.29) is 17.4 Å². The average Bonchev–Trinajstić information content (AvgIpc) is 2.58. The maximum Gasteiger partial charge on any atom is 0.254 e. The highest BCUT2D eigenvalue weighted by Crippen LogP contribution is 2.24. The Morgan fingerprint density at radius 3 is 2.67 bits per heavy atom. The minimum Gasteiger partial charge on any atom is -0.369 e. The molecule has 6 heteroatoms. The number of anilines is 1. The molecule has 0 spiro atoms. The van der Waals surface area contributed by atoms with E-state index >= 15 is 0 Å². The fraction of sp³-hybridized carbons (Fsp3) is 0.333. The van der Waals surface area contributed by atoms with Crippen LogP contribution in [0.1, 0.15) is 28.8 Å². The van der Waals surface area contributed by atoms with Crippen LogP contribution in [0.15, 0.2) is 36.7 Å². The molecule has 126 valence electrons. The highest BCUT2D eigenvalue weighted by atomic mass is 19.1. The smallest absolute Gasteiger partial charge is 0.254 e. The second-order valence-corrected chi connectivity index (χ2v) is 6.05. The van der Waals surface area contributed by atoms with Gasteiger partial charge in [0, 0.05) is 25.3 Å². The molecule has 4 nitrogen and oxygen atoms in total. The van der Waals surface area contributed by atoms with Gasteiger partial charge >= 0.3 is 0 Å². The van der Waals surface area contributed by atoms with Gasteiger partial charge in [0.1, 0.15) is 5.82 Å². The Labute approximate surface area is 139 Å². The third-order valence-corrected chi connectivity index (χ3v) is 4.29. The van der Waals surface area contributed by atoms with Gasteiger partial charge in [-0.25, -0.2) is 8.78 Å². The van der Waals surface area contributed by atoms with Gasteiger partial charge in [0.2, 0.25) is 0 Å². The first-order chi connectivity index (χ1) is 11.5. The van der Waals surface area contributed by atoms with Crippen molar-refractivity contribution in [1.29, 1.82) is 0 Å². The average molecular weight is 331 g/mol. The Balaban J connectivity index is 1.60. The lowest BCUT2D eigenvalue weighted by Crippen LogP contribution is -2.45. The summed E-state index contributed by atoms with van der Waals surface area (Å²) in [7, 11) is 0. The van der Waals surface area contributed by atoms with E-state index in [9.17, 15) is 13.6 Å². The Kier molecular flexibility index (Phi) is 4.74. The van der Waals surface area contributed by atoms with Crippen LogP contribution in [0.4, 0.5) is 14.5 Å². The molecule has 0 aliphatic carbocycles. The van der Waals surface area contributed by atoms with Gasteiger partial charge in [-0.15, -0.1) is 0 Å². The van der Waals surface area contributed by atoms with Crippen molar-refractivity contribution in [3.8, 4) is 0 Å². The largest absolute Gasteiger partial charge is 0.369 e. The van der Waals surface area contributed by atoms with E-state index < -0.39 is 11.7 Å². The molecule has 1 aliphatic rings. The lowest BCUT2D eigenvalue weighted by atomic mass is 10.0. The van der Waals surface area contributed by atoms with Gasteiger partial charge in [-0.1, -0.05) is 6.07 Å². The minimum absolute atomic E-state index is 0.00263. The molecule has 2 aromatic rings. The monoisotopic (exact) mass is 331 g/mol. The van der Waals surface area contributed by atoms with E-state index in [0.717, 1.165) is 11.8 Å². The van der Waals surface area contributed by atoms with Crippen LogP contribution in [-0.4, -0.2) is 30.0 Å². The summed E-state index contributed by atoms with van der Waals surface area (Å²) in [6, 6.07) is 6.37. The number of aromatic nitrogens is 1. The molecule has 0 atom stereocenters. The lowest BCUT2D eigenvalue weighted by molar-refractivity contribution is 0.0927. The number of nitrogens with one attached hydrogen (secondary N) is 1. The van der Waals surface area contributed by atoms with Crippen molar-refractivity contribution in [2.75, 3.05) is 18.0 Å². The van der Waals surface area contributed by atoms with E-state index in [1.807, 2.05) is 17.9 Å². The highest BCUT2D eigenvalue weighted by Gasteiger charge is 2.23. The zero-order valence-electron chi connectivity index (χ0n) is 13.4. The maximum absolute atomic E-state index is 14.0. The standard InChI is InChI=1S/C18H19F2N3O/c1-12-2-3-15(19)17(10-12)23-8-5-13(6-9-23)22-18(24)14-4-7-21-11-16(14)20/h2-4,7,10-11,13H,5-6,8-9H2,1H3,(H,22,24). The summed E-state index contributed by atoms with van der Waals surface area (Å²) in [6.45, 7) is 3.22. The van der Waals surface area contributed by atoms with Gasteiger partial charge in [-0.2, -0.15) is 0 Å². The molecule has 3 rings (SSSR count). The molecule has 1 aliphatic heterocycles. The first kappa shape index (κ1) is 16.4. The molecule has 1 aromatic heterocycles. The van der Waals surface area contributed by atoms with E-state index in [4.69, 9.17) is 0 Å². The van der Waals surface area contributed by atoms with Crippen LogP contribution in [-0.2, 0) is 0 Å². The molecule has 0 bridgehead atoms. The maximum atomic E-state index is 14.0. The van der Waals surface area contributed by atoms with Crippen LogP contribution >= 0.6 is 0 Å². The van der Waals surface area contributed by atoms with Crippen LogP contribution in [0, 0.1) is 18.6 Å². The van der Waals surface area contributed by atoms with Gasteiger partial charge in [-0.05, 0) is 43.5 Å². The summed E-state index contributed by atoms with van der Waals surface area (Å²) in [6.07, 6.45) is 3.79. The number of benzene rings is 1. The van der Waals surface area contributed by atoms with Crippen molar-refractivity contribution in [3.05, 3.63) is 59.4 Å². The third kappa shape index (κ3) is 3.53. The molecule has 1 fully saturated rings. The molecular weight excluding hydrogens is 312 g/mol. The van der Waals surface area contributed by atoms with E-state index in [1.165, 1.54) is 18.3 Å². The molecule has 24 heavy (non-hydrogen) atoms. The molecule has 2 heterocycles. The van der Waals surface area contributed by atoms with E-state index in [1.54, 1.807) is 6.07 Å². The zero-order valence-corrected chi connectivity index (χ0v) is 13.4. The quantitative estimate of drug-likeness (QED) is 0.940. The van der Waals surface area contributed by atoms with Crippen molar-refractivity contribution in [2.24, 2.45) is 0 Å². The minimum atomic E-state index is -0.630. The number of piperidine rings is 1. The zero-order chi connectivity index (χ0) is 17.1. The topological polar surface area (TPSA) is 45.2 Å². The number of carbonyl (C=O) groups is 1. The molecule has 1 aromatic carbocycles. The number of pyridine rings is 1. The molecule has 1 N–H and O–H groups in total. The third-order valence-electron chi connectivity index (χ3n) is 4.29. The van der Waals surface area contributed by atoms with Crippen molar-refractivity contribution in [3.63, 3.8) is 0 Å². The Morgan fingerprint density at radius 2 is 1.96 bits per heavy atom. The fourth-order valence-electron chi connectivity index (χ4n) is 2.95. The van der Waals surface area contributed by atoms with E-state index in [0.29, 0.717) is 31.6 Å². The van der Waals surface area contributed by atoms with Gasteiger partial charge < -0.3 is 10.2 Å². The number of aryl methyl sites for hydroxylation is 1. The number of rotatable bonds is 3. The number of carbonyl (C=O) groups excluding carboxylic acids is 1. The summed E-state index contributed by atoms with van der Waals surface area (Å²) in [4.78, 5) is 17.8. The molecular formula is C18H19F2N3O. The van der Waals surface area contributed by atoms with Crippen molar-refractivity contribution in [1.82, 2.24) is 10.3 Å². The van der Waals surface area contributed by atoms with Crippen molar-refractivity contribution >= 4 is 11.6 Å². The first-order valence-electron chi connectivity index (χ1n) is 7.96. The number of amides is 1. The van der Waals surface area contributed by atoms with Gasteiger partial charge in [0.15, 0.2) is 5.82 Å². The molecule has 0 saturated carbocycles. The summed E-state index contributed by atoms with van der Waals surface area (Å²) in [5, 5.41) is 2.85. The number of hydrogen-bond acceptors (Lipinski definition) is 3. The van der Waals surface area contributed by atoms with Gasteiger partial charge in [0.25, 0.3) is 5.91 Å². The summed E-state index contributed by atoms with van der Waals surface area (Å²) < 4.78 is 27.6. The van der Waals surface area contributed by atoms with Crippen molar-refractivity contribution in [2.45, 2.75) is 25.8 Å². The highest BCUT2D eigenvalue weighted by molar-refractivity contribution is 5.94. The summed E-state index contributed by atoms with van der Waals surface area (Å²) in [5.74, 6) is -1.30. The first-order valence-corrected chi connectivity index (χ1v) is 7.96. The van der Waals surface area contributed by atoms with Gasteiger partial charge in [-0.3, -0.25) is 9.78 Å². The second-order valence-electron chi connectivity index (χ2n) is 6.05.